The fourth-order valence-electron chi connectivity index (χ4n) is 4.02. The van der Waals surface area contributed by atoms with Gasteiger partial charge in [-0.15, -0.1) is 0 Å². The molecular formula is C25H26N4O2. The van der Waals surface area contributed by atoms with Crippen molar-refractivity contribution in [3.63, 3.8) is 0 Å². The van der Waals surface area contributed by atoms with E-state index >= 15 is 0 Å². The van der Waals surface area contributed by atoms with Crippen LogP contribution >= 0.6 is 0 Å². The number of nitrogens with zero attached hydrogens (tertiary/aromatic N) is 2. The van der Waals surface area contributed by atoms with Gasteiger partial charge in [0.15, 0.2) is 0 Å². The van der Waals surface area contributed by atoms with E-state index in [4.69, 9.17) is 9.47 Å². The molecule has 1 aliphatic carbocycles. The van der Waals surface area contributed by atoms with Crippen LogP contribution in [0.1, 0.15) is 30.9 Å². The van der Waals surface area contributed by atoms with Crippen LogP contribution in [0.15, 0.2) is 60.3 Å². The van der Waals surface area contributed by atoms with E-state index in [1.807, 2.05) is 30.3 Å². The highest BCUT2D eigenvalue weighted by atomic mass is 16.5. The summed E-state index contributed by atoms with van der Waals surface area (Å²) in [6.45, 7) is 4.10. The van der Waals surface area contributed by atoms with Gasteiger partial charge in [0, 0.05) is 30.6 Å². The maximum Gasteiger partial charge on any atom is 0.230 e. The van der Waals surface area contributed by atoms with Gasteiger partial charge in [-0.1, -0.05) is 23.8 Å². The highest BCUT2D eigenvalue weighted by Crippen LogP contribution is 2.30. The molecule has 2 heterocycles. The molecule has 1 saturated heterocycles. The quantitative estimate of drug-likeness (QED) is 0.585. The third-order valence-electron chi connectivity index (χ3n) is 5.49. The Bertz CT molecular complexity index is 1110. The summed E-state index contributed by atoms with van der Waals surface area (Å²) in [6.07, 6.45) is 7.33. The molecule has 1 atom stereocenters. The molecule has 1 unspecified atom stereocenters. The first kappa shape index (κ1) is 19.6. The van der Waals surface area contributed by atoms with Crippen LogP contribution in [0.2, 0.25) is 0 Å². The van der Waals surface area contributed by atoms with Crippen LogP contribution < -0.4 is 20.1 Å². The number of nitrogens with one attached hydrogen (secondary N) is 2. The Labute approximate surface area is 182 Å². The normalized spacial score (nSPS) is 17.6. The van der Waals surface area contributed by atoms with Crippen molar-refractivity contribution in [3.8, 4) is 17.4 Å². The molecule has 2 aliphatic rings. The molecule has 31 heavy (non-hydrogen) atoms. The van der Waals surface area contributed by atoms with E-state index in [1.54, 1.807) is 12.3 Å². The van der Waals surface area contributed by atoms with Crippen molar-refractivity contribution in [2.24, 2.45) is 0 Å². The van der Waals surface area contributed by atoms with Gasteiger partial charge in [-0.2, -0.15) is 4.98 Å². The second-order valence-electron chi connectivity index (χ2n) is 8.09. The topological polar surface area (TPSA) is 68.3 Å². The Hall–Kier alpha value is -3.38. The van der Waals surface area contributed by atoms with Gasteiger partial charge in [0.25, 0.3) is 0 Å². The third kappa shape index (κ3) is 4.86. The summed E-state index contributed by atoms with van der Waals surface area (Å²) < 4.78 is 12.1. The zero-order chi connectivity index (χ0) is 21.0. The minimum atomic E-state index is 0.211. The van der Waals surface area contributed by atoms with Crippen molar-refractivity contribution in [2.45, 2.75) is 32.3 Å². The van der Waals surface area contributed by atoms with E-state index in [-0.39, 0.29) is 6.10 Å². The van der Waals surface area contributed by atoms with Crippen molar-refractivity contribution >= 4 is 17.7 Å². The second-order valence-corrected chi connectivity index (χ2v) is 8.09. The van der Waals surface area contributed by atoms with Gasteiger partial charge in [-0.25, -0.2) is 4.98 Å². The van der Waals surface area contributed by atoms with Gasteiger partial charge in [0.1, 0.15) is 17.6 Å². The Balaban J connectivity index is 1.26. The molecule has 2 aromatic carbocycles. The Kier molecular flexibility index (Phi) is 5.54. The molecule has 0 spiro atoms. The predicted molar refractivity (Wildman–Crippen MR) is 122 cm³/mol. The van der Waals surface area contributed by atoms with Crippen LogP contribution in [0.25, 0.3) is 6.08 Å². The van der Waals surface area contributed by atoms with Gasteiger partial charge >= 0.3 is 0 Å². The van der Waals surface area contributed by atoms with E-state index < -0.39 is 0 Å². The number of benzene rings is 2. The standard InChI is InChI=1S/C25H26N4O2/c1-17-12-18-7-8-22(14-19(18)13-17)31-24-9-11-27-25(29-24)28-20-4-2-5-21(15-20)30-23-6-3-10-26-16-23/h2,4-5,7-9,11,13-15,23,26H,3,6,10,12,16H2,1H3,(H,27,28,29). The summed E-state index contributed by atoms with van der Waals surface area (Å²) >= 11 is 0. The average molecular weight is 415 g/mol. The lowest BCUT2D eigenvalue weighted by molar-refractivity contribution is 0.167. The third-order valence-corrected chi connectivity index (χ3v) is 5.49. The lowest BCUT2D eigenvalue weighted by Gasteiger charge is -2.24. The van der Waals surface area contributed by atoms with Crippen LogP contribution in [0.3, 0.4) is 0 Å². The molecule has 6 heteroatoms. The van der Waals surface area contributed by atoms with Gasteiger partial charge in [-0.05, 0) is 68.1 Å². The summed E-state index contributed by atoms with van der Waals surface area (Å²) in [6, 6.07) is 15.8. The largest absolute Gasteiger partial charge is 0.489 e. The SMILES string of the molecule is CC1=Cc2cc(Oc3ccnc(Nc4cccc(OC5CCCNC5)c4)n3)ccc2C1. The molecule has 0 bridgehead atoms. The Morgan fingerprint density at radius 1 is 1.10 bits per heavy atom. The van der Waals surface area contributed by atoms with Crippen molar-refractivity contribution in [3.05, 3.63) is 71.4 Å². The summed E-state index contributed by atoms with van der Waals surface area (Å²) in [5.41, 5.74) is 4.79. The summed E-state index contributed by atoms with van der Waals surface area (Å²) in [5, 5.41) is 6.62. The molecule has 0 saturated carbocycles. The Morgan fingerprint density at radius 2 is 2.06 bits per heavy atom. The summed E-state index contributed by atoms with van der Waals surface area (Å²) in [7, 11) is 0. The first-order chi connectivity index (χ1) is 15.2. The Morgan fingerprint density at radius 3 is 2.97 bits per heavy atom. The van der Waals surface area contributed by atoms with Crippen molar-refractivity contribution in [1.82, 2.24) is 15.3 Å². The van der Waals surface area contributed by atoms with E-state index in [0.29, 0.717) is 11.8 Å². The number of anilines is 2. The number of hydrogen-bond donors (Lipinski definition) is 2. The molecule has 3 aromatic rings. The van der Waals surface area contributed by atoms with E-state index in [9.17, 15) is 0 Å². The van der Waals surface area contributed by atoms with E-state index in [1.165, 1.54) is 16.7 Å². The van der Waals surface area contributed by atoms with Crippen LogP contribution in [-0.2, 0) is 6.42 Å². The second kappa shape index (κ2) is 8.78. The van der Waals surface area contributed by atoms with Crippen LogP contribution in [0, 0.1) is 0 Å². The smallest absolute Gasteiger partial charge is 0.230 e. The monoisotopic (exact) mass is 414 g/mol. The van der Waals surface area contributed by atoms with Gasteiger partial charge in [0.05, 0.1) is 0 Å². The predicted octanol–water partition coefficient (Wildman–Crippen LogP) is 5.10. The molecule has 5 rings (SSSR count). The van der Waals surface area contributed by atoms with Crippen molar-refractivity contribution in [2.75, 3.05) is 18.4 Å². The fourth-order valence-corrected chi connectivity index (χ4v) is 4.02. The van der Waals surface area contributed by atoms with Gasteiger partial charge in [0.2, 0.25) is 11.8 Å². The lowest BCUT2D eigenvalue weighted by Crippen LogP contribution is -2.37. The zero-order valence-electron chi connectivity index (χ0n) is 17.6. The van der Waals surface area contributed by atoms with E-state index in [2.05, 4.69) is 45.7 Å². The van der Waals surface area contributed by atoms with Crippen molar-refractivity contribution < 1.29 is 9.47 Å². The number of rotatable bonds is 6. The van der Waals surface area contributed by atoms with Crippen molar-refractivity contribution in [1.29, 1.82) is 0 Å². The number of piperidine rings is 1. The van der Waals surface area contributed by atoms with E-state index in [0.717, 1.165) is 49.5 Å². The molecule has 0 radical (unpaired) electrons. The number of aromatic nitrogens is 2. The number of hydrogen-bond acceptors (Lipinski definition) is 6. The molecule has 0 amide bonds. The number of allylic oxidation sites excluding steroid dienone is 1. The number of ether oxygens (including phenoxy) is 2. The molecule has 158 valence electrons. The minimum Gasteiger partial charge on any atom is -0.489 e. The molecule has 1 aliphatic heterocycles. The highest BCUT2D eigenvalue weighted by molar-refractivity contribution is 5.65. The van der Waals surface area contributed by atoms with Crippen LogP contribution in [-0.4, -0.2) is 29.2 Å². The maximum absolute atomic E-state index is 6.11. The molecule has 1 fully saturated rings. The zero-order valence-corrected chi connectivity index (χ0v) is 17.6. The van der Waals surface area contributed by atoms with Crippen LogP contribution in [0.4, 0.5) is 11.6 Å². The van der Waals surface area contributed by atoms with Gasteiger partial charge in [-0.3, -0.25) is 0 Å². The first-order valence-electron chi connectivity index (χ1n) is 10.8. The molecular weight excluding hydrogens is 388 g/mol. The average Bonchev–Trinajstić information content (AvgIpc) is 3.14. The van der Waals surface area contributed by atoms with Gasteiger partial charge < -0.3 is 20.1 Å². The number of fused-ring (bicyclic) bond motifs is 1. The molecule has 2 N–H and O–H groups in total. The summed E-state index contributed by atoms with van der Waals surface area (Å²) in [5.74, 6) is 2.58. The first-order valence-corrected chi connectivity index (χ1v) is 10.8. The molecule has 1 aromatic heterocycles. The summed E-state index contributed by atoms with van der Waals surface area (Å²) in [4.78, 5) is 8.83. The molecule has 6 nitrogen and oxygen atoms in total. The lowest BCUT2D eigenvalue weighted by atomic mass is 10.1. The minimum absolute atomic E-state index is 0.211. The van der Waals surface area contributed by atoms with Crippen LogP contribution in [0.5, 0.6) is 17.4 Å². The fraction of sp³-hybridized carbons (Fsp3) is 0.280. The highest BCUT2D eigenvalue weighted by Gasteiger charge is 2.15. The maximum atomic E-state index is 6.11.